The first-order valence-electron chi connectivity index (χ1n) is 7.09. The number of aryl methyl sites for hydroxylation is 1. The van der Waals surface area contributed by atoms with Crippen molar-refractivity contribution in [3.8, 4) is 5.75 Å². The topological polar surface area (TPSA) is 32.7 Å². The van der Waals surface area contributed by atoms with Crippen LogP contribution in [0.2, 0.25) is 0 Å². The molecule has 3 heteroatoms. The second-order valence-electron chi connectivity index (χ2n) is 5.15. The highest BCUT2D eigenvalue weighted by atomic mass is 16.5. The molecule has 1 rings (SSSR count). The summed E-state index contributed by atoms with van der Waals surface area (Å²) in [5.74, 6) is 1.30. The van der Waals surface area contributed by atoms with Gasteiger partial charge in [0.2, 0.25) is 0 Å². The summed E-state index contributed by atoms with van der Waals surface area (Å²) >= 11 is 0. The third-order valence-electron chi connectivity index (χ3n) is 3.60. The summed E-state index contributed by atoms with van der Waals surface area (Å²) < 4.78 is 5.43. The maximum absolute atomic E-state index is 9.27. The van der Waals surface area contributed by atoms with Crippen LogP contribution < -0.4 is 4.74 Å². The van der Waals surface area contributed by atoms with Crippen molar-refractivity contribution in [1.82, 2.24) is 4.90 Å². The van der Waals surface area contributed by atoms with Gasteiger partial charge in [0.1, 0.15) is 5.75 Å². The molecule has 0 aliphatic rings. The largest absolute Gasteiger partial charge is 0.496 e. The van der Waals surface area contributed by atoms with Gasteiger partial charge in [0, 0.05) is 25.3 Å². The predicted octanol–water partition coefficient (Wildman–Crippen LogP) is 2.71. The monoisotopic (exact) mass is 265 g/mol. The molecule has 0 spiro atoms. The summed E-state index contributed by atoms with van der Waals surface area (Å²) in [6.45, 7) is 6.30. The van der Waals surface area contributed by atoms with Gasteiger partial charge in [-0.3, -0.25) is 0 Å². The van der Waals surface area contributed by atoms with Crippen molar-refractivity contribution in [3.63, 3.8) is 0 Å². The van der Waals surface area contributed by atoms with E-state index in [0.29, 0.717) is 5.92 Å². The average molecular weight is 265 g/mol. The van der Waals surface area contributed by atoms with Gasteiger partial charge in [-0.05, 0) is 37.4 Å². The van der Waals surface area contributed by atoms with Gasteiger partial charge in [0.25, 0.3) is 0 Å². The second kappa shape index (κ2) is 8.18. The lowest BCUT2D eigenvalue weighted by molar-refractivity contribution is 0.172. The number of rotatable bonds is 8. The number of benzene rings is 1. The maximum Gasteiger partial charge on any atom is 0.123 e. The van der Waals surface area contributed by atoms with E-state index in [9.17, 15) is 5.11 Å². The fourth-order valence-corrected chi connectivity index (χ4v) is 2.29. The van der Waals surface area contributed by atoms with Crippen molar-refractivity contribution in [3.05, 3.63) is 29.3 Å². The van der Waals surface area contributed by atoms with Gasteiger partial charge < -0.3 is 14.7 Å². The fourth-order valence-electron chi connectivity index (χ4n) is 2.29. The molecule has 108 valence electrons. The van der Waals surface area contributed by atoms with Crippen molar-refractivity contribution in [2.75, 3.05) is 27.3 Å². The van der Waals surface area contributed by atoms with Gasteiger partial charge in [0.15, 0.2) is 0 Å². The predicted molar refractivity (Wildman–Crippen MR) is 79.6 cm³/mol. The van der Waals surface area contributed by atoms with Gasteiger partial charge in [-0.2, -0.15) is 0 Å². The van der Waals surface area contributed by atoms with Gasteiger partial charge >= 0.3 is 0 Å². The molecule has 19 heavy (non-hydrogen) atoms. The SMILES string of the molecule is CCc1ccc(OC)c(CN(C)CC(CC)CO)c1. The number of methoxy groups -OCH3 is 1. The van der Waals surface area contributed by atoms with E-state index in [1.807, 2.05) is 6.07 Å². The number of hydrogen-bond acceptors (Lipinski definition) is 3. The van der Waals surface area contributed by atoms with Crippen LogP contribution in [0.15, 0.2) is 18.2 Å². The Kier molecular flexibility index (Phi) is 6.89. The van der Waals surface area contributed by atoms with E-state index in [1.54, 1.807) is 7.11 Å². The first-order chi connectivity index (χ1) is 9.14. The Morgan fingerprint density at radius 3 is 2.58 bits per heavy atom. The minimum absolute atomic E-state index is 0.257. The number of aliphatic hydroxyl groups excluding tert-OH is 1. The molecule has 0 radical (unpaired) electrons. The Morgan fingerprint density at radius 2 is 2.05 bits per heavy atom. The molecule has 1 N–H and O–H groups in total. The number of aliphatic hydroxyl groups is 1. The highest BCUT2D eigenvalue weighted by molar-refractivity contribution is 5.37. The molecule has 3 nitrogen and oxygen atoms in total. The zero-order valence-corrected chi connectivity index (χ0v) is 12.6. The second-order valence-corrected chi connectivity index (χ2v) is 5.15. The van der Waals surface area contributed by atoms with E-state index in [0.717, 1.165) is 31.7 Å². The van der Waals surface area contributed by atoms with Crippen LogP contribution in [0.4, 0.5) is 0 Å². The summed E-state index contributed by atoms with van der Waals surface area (Å²) in [6.07, 6.45) is 2.04. The fraction of sp³-hybridized carbons (Fsp3) is 0.625. The molecule has 0 saturated heterocycles. The third-order valence-corrected chi connectivity index (χ3v) is 3.60. The first kappa shape index (κ1) is 16.0. The Balaban J connectivity index is 2.73. The average Bonchev–Trinajstić information content (AvgIpc) is 2.44. The number of ether oxygens (including phenoxy) is 1. The van der Waals surface area contributed by atoms with Crippen molar-refractivity contribution in [1.29, 1.82) is 0 Å². The Labute approximate surface area is 117 Å². The van der Waals surface area contributed by atoms with Gasteiger partial charge in [-0.15, -0.1) is 0 Å². The lowest BCUT2D eigenvalue weighted by atomic mass is 10.1. The lowest BCUT2D eigenvalue weighted by Gasteiger charge is -2.23. The van der Waals surface area contributed by atoms with Crippen molar-refractivity contribution < 1.29 is 9.84 Å². The molecule has 0 bridgehead atoms. The summed E-state index contributed by atoms with van der Waals surface area (Å²) in [5, 5.41) is 9.27. The lowest BCUT2D eigenvalue weighted by Crippen LogP contribution is -2.27. The standard InChI is InChI=1S/C16H27NO2/c1-5-13-7-8-16(19-4)15(9-13)11-17(3)10-14(6-2)12-18/h7-9,14,18H,5-6,10-12H2,1-4H3. The third kappa shape index (κ3) is 4.84. The van der Waals surface area contributed by atoms with E-state index in [2.05, 4.69) is 37.9 Å². The summed E-state index contributed by atoms with van der Waals surface area (Å²) in [5.41, 5.74) is 2.55. The molecule has 0 fully saturated rings. The number of nitrogens with zero attached hydrogens (tertiary/aromatic N) is 1. The van der Waals surface area contributed by atoms with E-state index in [1.165, 1.54) is 11.1 Å². The molecule has 0 aromatic heterocycles. The Hall–Kier alpha value is -1.06. The molecule has 0 saturated carbocycles. The number of hydrogen-bond donors (Lipinski definition) is 1. The molecule has 0 aliphatic carbocycles. The van der Waals surface area contributed by atoms with E-state index in [4.69, 9.17) is 4.74 Å². The van der Waals surface area contributed by atoms with Crippen LogP contribution in [0, 0.1) is 5.92 Å². The molecule has 1 unspecified atom stereocenters. The van der Waals surface area contributed by atoms with E-state index >= 15 is 0 Å². The highest BCUT2D eigenvalue weighted by Gasteiger charge is 2.11. The first-order valence-corrected chi connectivity index (χ1v) is 7.09. The molecule has 0 heterocycles. The van der Waals surface area contributed by atoms with Crippen LogP contribution in [-0.2, 0) is 13.0 Å². The minimum atomic E-state index is 0.257. The van der Waals surface area contributed by atoms with E-state index in [-0.39, 0.29) is 6.61 Å². The van der Waals surface area contributed by atoms with Crippen LogP contribution >= 0.6 is 0 Å². The quantitative estimate of drug-likeness (QED) is 0.784. The van der Waals surface area contributed by atoms with Crippen LogP contribution in [0.25, 0.3) is 0 Å². The van der Waals surface area contributed by atoms with Crippen molar-refractivity contribution in [2.24, 2.45) is 5.92 Å². The summed E-state index contributed by atoms with van der Waals surface area (Å²) in [6, 6.07) is 6.38. The van der Waals surface area contributed by atoms with E-state index < -0.39 is 0 Å². The normalized spacial score (nSPS) is 12.7. The summed E-state index contributed by atoms with van der Waals surface area (Å²) in [7, 11) is 3.81. The molecule has 1 aromatic rings. The van der Waals surface area contributed by atoms with Crippen LogP contribution in [0.5, 0.6) is 5.75 Å². The Morgan fingerprint density at radius 1 is 1.32 bits per heavy atom. The van der Waals surface area contributed by atoms with Crippen molar-refractivity contribution >= 4 is 0 Å². The zero-order chi connectivity index (χ0) is 14.3. The molecule has 0 aliphatic heterocycles. The molecule has 1 aromatic carbocycles. The molecule has 1 atom stereocenters. The van der Waals surface area contributed by atoms with Crippen LogP contribution in [-0.4, -0.2) is 37.3 Å². The molecule has 0 amide bonds. The minimum Gasteiger partial charge on any atom is -0.496 e. The Bertz CT molecular complexity index is 375. The highest BCUT2D eigenvalue weighted by Crippen LogP contribution is 2.22. The van der Waals surface area contributed by atoms with Crippen LogP contribution in [0.1, 0.15) is 31.4 Å². The maximum atomic E-state index is 9.27. The van der Waals surface area contributed by atoms with Gasteiger partial charge in [-0.1, -0.05) is 26.0 Å². The zero-order valence-electron chi connectivity index (χ0n) is 12.6. The molecular formula is C16H27NO2. The molecular weight excluding hydrogens is 238 g/mol. The van der Waals surface area contributed by atoms with Gasteiger partial charge in [0.05, 0.1) is 7.11 Å². The van der Waals surface area contributed by atoms with Crippen molar-refractivity contribution in [2.45, 2.75) is 33.2 Å². The smallest absolute Gasteiger partial charge is 0.123 e. The van der Waals surface area contributed by atoms with Gasteiger partial charge in [-0.25, -0.2) is 0 Å². The van der Waals surface area contributed by atoms with Crippen LogP contribution in [0.3, 0.4) is 0 Å². The summed E-state index contributed by atoms with van der Waals surface area (Å²) in [4.78, 5) is 2.25.